The Morgan fingerprint density at radius 2 is 1.52 bits per heavy atom. The van der Waals surface area contributed by atoms with Gasteiger partial charge < -0.3 is 14.4 Å². The number of nitrogens with zero attached hydrogens (tertiary/aromatic N) is 5. The average Bonchev–Trinajstić information content (AvgIpc) is 2.57. The summed E-state index contributed by atoms with van der Waals surface area (Å²) in [5.74, 6) is 0. The quantitative estimate of drug-likeness (QED) is 0.505. The van der Waals surface area contributed by atoms with Crippen LogP contribution in [0.3, 0.4) is 0 Å². The number of nitro groups is 1. The molecule has 0 bridgehead atoms. The first-order chi connectivity index (χ1) is 14.2. The Balaban J connectivity index is 2.40. The number of pyridine rings is 1. The van der Waals surface area contributed by atoms with E-state index in [-0.39, 0.29) is 30.9 Å². The van der Waals surface area contributed by atoms with Crippen molar-refractivity contribution in [1.29, 1.82) is 0 Å². The van der Waals surface area contributed by atoms with Gasteiger partial charge in [0.05, 0.1) is 29.4 Å². The van der Waals surface area contributed by atoms with E-state index in [1.54, 1.807) is 46.4 Å². The van der Waals surface area contributed by atoms with Crippen LogP contribution < -0.4 is 4.90 Å². The van der Waals surface area contributed by atoms with Crippen molar-refractivity contribution in [2.45, 2.75) is 59.2 Å². The Morgan fingerprint density at radius 1 is 1.03 bits per heavy atom. The zero-order valence-corrected chi connectivity index (χ0v) is 18.5. The Labute approximate surface area is 180 Å². The molecule has 1 fully saturated rings. The number of aliphatic imine (C=N–C) groups is 2. The monoisotopic (exact) mass is 433 g/mol. The molecule has 0 aliphatic carbocycles. The van der Waals surface area contributed by atoms with Crippen LogP contribution >= 0.6 is 0 Å². The molecule has 2 rings (SSSR count). The predicted molar refractivity (Wildman–Crippen MR) is 115 cm³/mol. The summed E-state index contributed by atoms with van der Waals surface area (Å²) in [6.45, 7) is 10.5. The minimum absolute atomic E-state index is 0.122. The van der Waals surface area contributed by atoms with E-state index in [1.807, 2.05) is 0 Å². The van der Waals surface area contributed by atoms with E-state index < -0.39 is 28.3 Å². The van der Waals surface area contributed by atoms with Crippen LogP contribution in [0.5, 0.6) is 0 Å². The van der Waals surface area contributed by atoms with Gasteiger partial charge in [-0.15, -0.1) is 0 Å². The van der Waals surface area contributed by atoms with Crippen molar-refractivity contribution in [1.82, 2.24) is 4.98 Å². The molecule has 168 valence electrons. The van der Waals surface area contributed by atoms with Crippen molar-refractivity contribution in [3.63, 3.8) is 0 Å². The standard InChI is InChI=1S/C20H27N5O6/c1-19(2,3)30-17(26)22-13-9-14(23-18(27)31-20(4,5)6)12-24(11-13)15-7-8-21-10-16(15)25(28)29/h7-8,10H,9,11-12H2,1-6H3. The van der Waals surface area contributed by atoms with Gasteiger partial charge in [-0.2, -0.15) is 9.98 Å². The van der Waals surface area contributed by atoms with Crippen molar-refractivity contribution in [3.8, 4) is 0 Å². The van der Waals surface area contributed by atoms with E-state index in [9.17, 15) is 19.7 Å². The minimum Gasteiger partial charge on any atom is -0.442 e. The Morgan fingerprint density at radius 3 is 1.94 bits per heavy atom. The second-order valence-corrected chi connectivity index (χ2v) is 8.97. The van der Waals surface area contributed by atoms with Crippen LogP contribution in [0.25, 0.3) is 0 Å². The van der Waals surface area contributed by atoms with Gasteiger partial charge in [-0.3, -0.25) is 15.1 Å². The van der Waals surface area contributed by atoms with Crippen LogP contribution in [-0.4, -0.2) is 57.8 Å². The van der Waals surface area contributed by atoms with Crippen molar-refractivity contribution in [2.75, 3.05) is 18.0 Å². The average molecular weight is 433 g/mol. The smallest absolute Gasteiger partial charge is 0.434 e. The maximum absolute atomic E-state index is 12.2. The van der Waals surface area contributed by atoms with Gasteiger partial charge in [-0.1, -0.05) is 0 Å². The van der Waals surface area contributed by atoms with Crippen LogP contribution in [0.2, 0.25) is 0 Å². The first-order valence-corrected chi connectivity index (χ1v) is 9.66. The molecule has 2 amide bonds. The molecular formula is C20H27N5O6. The van der Waals surface area contributed by atoms with Crippen molar-refractivity contribution < 1.29 is 24.0 Å². The first-order valence-electron chi connectivity index (χ1n) is 9.66. The maximum Gasteiger partial charge on any atom is 0.434 e. The predicted octanol–water partition coefficient (Wildman–Crippen LogP) is 3.95. The lowest BCUT2D eigenvalue weighted by Crippen LogP contribution is -2.42. The molecule has 0 aromatic carbocycles. The summed E-state index contributed by atoms with van der Waals surface area (Å²) in [4.78, 5) is 48.6. The molecule has 1 aromatic heterocycles. The molecule has 1 aliphatic heterocycles. The molecule has 1 aliphatic rings. The molecule has 31 heavy (non-hydrogen) atoms. The van der Waals surface area contributed by atoms with Gasteiger partial charge >= 0.3 is 17.9 Å². The lowest BCUT2D eigenvalue weighted by Gasteiger charge is -2.30. The Bertz CT molecular complexity index is 881. The lowest BCUT2D eigenvalue weighted by molar-refractivity contribution is -0.384. The molecule has 11 heteroatoms. The number of ether oxygens (including phenoxy) is 2. The van der Waals surface area contributed by atoms with Gasteiger partial charge in [0, 0.05) is 12.6 Å². The molecule has 1 aromatic rings. The largest absolute Gasteiger partial charge is 0.442 e. The molecule has 0 saturated carbocycles. The molecule has 0 N–H and O–H groups in total. The molecule has 0 spiro atoms. The van der Waals surface area contributed by atoms with Crippen molar-refractivity contribution in [2.24, 2.45) is 9.98 Å². The van der Waals surface area contributed by atoms with Crippen molar-refractivity contribution >= 4 is 35.0 Å². The van der Waals surface area contributed by atoms with E-state index >= 15 is 0 Å². The third-order valence-corrected chi connectivity index (χ3v) is 3.76. The number of anilines is 1. The van der Waals surface area contributed by atoms with Gasteiger partial charge in [0.2, 0.25) is 0 Å². The van der Waals surface area contributed by atoms with Gasteiger partial charge in [0.1, 0.15) is 23.1 Å². The summed E-state index contributed by atoms with van der Waals surface area (Å²) in [6, 6.07) is 1.49. The highest BCUT2D eigenvalue weighted by Crippen LogP contribution is 2.28. The van der Waals surface area contributed by atoms with Crippen LogP contribution in [0.4, 0.5) is 21.0 Å². The number of hydrogen-bond donors (Lipinski definition) is 0. The second-order valence-electron chi connectivity index (χ2n) is 8.97. The Kier molecular flexibility index (Phi) is 7.09. The molecule has 11 nitrogen and oxygen atoms in total. The molecular weight excluding hydrogens is 406 g/mol. The highest BCUT2D eigenvalue weighted by Gasteiger charge is 2.28. The van der Waals surface area contributed by atoms with Gasteiger partial charge in [-0.25, -0.2) is 9.59 Å². The maximum atomic E-state index is 12.2. The number of carbonyl (C=O) groups is 2. The second kappa shape index (κ2) is 9.19. The Hall–Kier alpha value is -3.37. The van der Waals surface area contributed by atoms with Gasteiger partial charge in [-0.05, 0) is 47.6 Å². The number of rotatable bonds is 2. The van der Waals surface area contributed by atoms with Gasteiger partial charge in [0.25, 0.3) is 0 Å². The van der Waals surface area contributed by atoms with Crippen LogP contribution in [0.15, 0.2) is 28.4 Å². The molecule has 1 saturated heterocycles. The number of piperidine rings is 1. The zero-order chi connectivity index (χ0) is 23.4. The van der Waals surface area contributed by atoms with Crippen LogP contribution in [0, 0.1) is 10.1 Å². The number of aromatic nitrogens is 1. The summed E-state index contributed by atoms with van der Waals surface area (Å²) in [7, 11) is 0. The molecule has 0 radical (unpaired) electrons. The van der Waals surface area contributed by atoms with Gasteiger partial charge in [0.15, 0.2) is 0 Å². The van der Waals surface area contributed by atoms with Crippen LogP contribution in [0.1, 0.15) is 48.0 Å². The third kappa shape index (κ3) is 7.76. The summed E-state index contributed by atoms with van der Waals surface area (Å²) in [5, 5.41) is 11.4. The third-order valence-electron chi connectivity index (χ3n) is 3.76. The molecule has 0 unspecified atom stereocenters. The molecule has 2 heterocycles. The normalized spacial score (nSPS) is 17.5. The summed E-state index contributed by atoms with van der Waals surface area (Å²) >= 11 is 0. The summed E-state index contributed by atoms with van der Waals surface area (Å²) in [6.07, 6.45) is 1.12. The van der Waals surface area contributed by atoms with E-state index in [0.29, 0.717) is 11.4 Å². The lowest BCUT2D eigenvalue weighted by atomic mass is 10.1. The fourth-order valence-corrected chi connectivity index (χ4v) is 2.78. The fraction of sp³-hybridized carbons (Fsp3) is 0.550. The van der Waals surface area contributed by atoms with E-state index in [2.05, 4.69) is 15.0 Å². The number of carbonyl (C=O) groups excluding carboxylic acids is 2. The van der Waals surface area contributed by atoms with E-state index in [1.165, 1.54) is 12.3 Å². The SMILES string of the molecule is CC(C)(C)OC(=O)N=C1CC(=NC(=O)OC(C)(C)C)CN(c2ccncc2[N+](=O)[O-])C1. The highest BCUT2D eigenvalue weighted by atomic mass is 16.6. The zero-order valence-electron chi connectivity index (χ0n) is 18.5. The van der Waals surface area contributed by atoms with Crippen LogP contribution in [-0.2, 0) is 9.47 Å². The first kappa shape index (κ1) is 23.9. The minimum atomic E-state index is -0.787. The van der Waals surface area contributed by atoms with E-state index in [0.717, 1.165) is 6.20 Å². The van der Waals surface area contributed by atoms with Crippen molar-refractivity contribution in [3.05, 3.63) is 28.6 Å². The number of amides is 2. The van der Waals surface area contributed by atoms with E-state index in [4.69, 9.17) is 9.47 Å². The highest BCUT2D eigenvalue weighted by molar-refractivity contribution is 6.15. The number of hydrogen-bond acceptors (Lipinski definition) is 8. The summed E-state index contributed by atoms with van der Waals surface area (Å²) < 4.78 is 10.5. The fourth-order valence-electron chi connectivity index (χ4n) is 2.78. The topological polar surface area (TPSA) is 137 Å². The molecule has 0 atom stereocenters. The summed E-state index contributed by atoms with van der Waals surface area (Å²) in [5.41, 5.74) is -0.687.